The SMILES string of the molecule is O=S([O-])CCc1c(C2CC2)cccc1-n1nc2cc(SC(F)(F)F)ncc2c1Cl. The molecule has 2 heterocycles. The third-order valence-corrected chi connectivity index (χ3v) is 6.21. The number of hydrogen-bond acceptors (Lipinski definition) is 5. The van der Waals surface area contributed by atoms with E-state index in [0.29, 0.717) is 23.4 Å². The molecule has 0 amide bonds. The molecule has 11 heteroatoms. The van der Waals surface area contributed by atoms with E-state index < -0.39 is 16.6 Å². The molecule has 1 aliphatic carbocycles. The van der Waals surface area contributed by atoms with Gasteiger partial charge >= 0.3 is 5.51 Å². The zero-order valence-corrected chi connectivity index (χ0v) is 17.2. The van der Waals surface area contributed by atoms with Gasteiger partial charge < -0.3 is 4.55 Å². The van der Waals surface area contributed by atoms with Gasteiger partial charge in [0.25, 0.3) is 0 Å². The van der Waals surface area contributed by atoms with E-state index in [-0.39, 0.29) is 33.2 Å². The van der Waals surface area contributed by atoms with Crippen molar-refractivity contribution in [2.75, 3.05) is 5.75 Å². The van der Waals surface area contributed by atoms with Crippen molar-refractivity contribution in [1.82, 2.24) is 14.8 Å². The summed E-state index contributed by atoms with van der Waals surface area (Å²) in [4.78, 5) is 3.82. The van der Waals surface area contributed by atoms with Gasteiger partial charge in [-0.3, -0.25) is 4.21 Å². The second kappa shape index (κ2) is 7.90. The Balaban J connectivity index is 1.80. The third kappa shape index (κ3) is 4.60. The highest BCUT2D eigenvalue weighted by Crippen LogP contribution is 2.43. The molecular formula is C18H14ClF3N3O2S2-. The van der Waals surface area contributed by atoms with Crippen molar-refractivity contribution in [3.05, 3.63) is 46.7 Å². The molecule has 2 aromatic heterocycles. The van der Waals surface area contributed by atoms with Crippen LogP contribution in [0, 0.1) is 0 Å². The molecule has 4 rings (SSSR count). The standard InChI is InChI=1S/C18H15ClF3N3O2S2/c19-17-13-9-23-16(28-18(20,21)22)8-14(13)24-25(17)15-3-1-2-11(10-4-5-10)12(15)6-7-29(26)27/h1-3,8-10H,4-7H2,(H,26,27)/p-1. The molecule has 1 saturated carbocycles. The van der Waals surface area contributed by atoms with Gasteiger partial charge in [0.1, 0.15) is 10.2 Å². The Morgan fingerprint density at radius 2 is 2.10 bits per heavy atom. The van der Waals surface area contributed by atoms with Gasteiger partial charge in [0, 0.05) is 23.7 Å². The molecule has 0 bridgehead atoms. The van der Waals surface area contributed by atoms with Crippen LogP contribution in [0.5, 0.6) is 0 Å². The zero-order chi connectivity index (χ0) is 20.8. The van der Waals surface area contributed by atoms with Crippen LogP contribution in [-0.4, -0.2) is 34.8 Å². The highest BCUT2D eigenvalue weighted by Gasteiger charge is 2.31. The number of pyridine rings is 1. The number of rotatable bonds is 6. The van der Waals surface area contributed by atoms with Crippen LogP contribution < -0.4 is 0 Å². The minimum absolute atomic E-state index is 0.0386. The number of alkyl halides is 3. The molecular weight excluding hydrogens is 447 g/mol. The van der Waals surface area contributed by atoms with E-state index in [2.05, 4.69) is 10.1 Å². The summed E-state index contributed by atoms with van der Waals surface area (Å²) in [6, 6.07) is 6.85. The number of thioether (sulfide) groups is 1. The van der Waals surface area contributed by atoms with Crippen LogP contribution in [-0.2, 0) is 17.5 Å². The van der Waals surface area contributed by atoms with Gasteiger partial charge in [-0.25, -0.2) is 9.67 Å². The Bertz CT molecular complexity index is 1100. The predicted molar refractivity (Wildman–Crippen MR) is 105 cm³/mol. The summed E-state index contributed by atoms with van der Waals surface area (Å²) in [6.07, 6.45) is 3.64. The van der Waals surface area contributed by atoms with Crippen molar-refractivity contribution < 1.29 is 21.9 Å². The summed E-state index contributed by atoms with van der Waals surface area (Å²) in [7, 11) is 0. The Kier molecular flexibility index (Phi) is 5.62. The summed E-state index contributed by atoms with van der Waals surface area (Å²) in [6.45, 7) is 0. The van der Waals surface area contributed by atoms with Gasteiger partial charge in [0.2, 0.25) is 0 Å². The summed E-state index contributed by atoms with van der Waals surface area (Å²) >= 11 is 3.96. The number of benzene rings is 1. The van der Waals surface area contributed by atoms with Crippen molar-refractivity contribution in [3.63, 3.8) is 0 Å². The first-order valence-electron chi connectivity index (χ1n) is 8.71. The number of halogens is 4. The maximum absolute atomic E-state index is 12.6. The Labute approximate surface area is 175 Å². The summed E-state index contributed by atoms with van der Waals surface area (Å²) in [5.41, 5.74) is -1.63. The lowest BCUT2D eigenvalue weighted by Gasteiger charge is -2.16. The third-order valence-electron chi connectivity index (χ3n) is 4.64. The van der Waals surface area contributed by atoms with Gasteiger partial charge in [-0.15, -0.1) is 0 Å². The predicted octanol–water partition coefficient (Wildman–Crippen LogP) is 4.98. The highest BCUT2D eigenvalue weighted by molar-refractivity contribution is 8.00. The molecule has 5 nitrogen and oxygen atoms in total. The molecule has 1 fully saturated rings. The van der Waals surface area contributed by atoms with Crippen LogP contribution in [0.4, 0.5) is 13.2 Å². The topological polar surface area (TPSA) is 70.8 Å². The maximum Gasteiger partial charge on any atom is 0.447 e. The maximum atomic E-state index is 12.6. The van der Waals surface area contributed by atoms with Crippen LogP contribution in [0.2, 0.25) is 5.15 Å². The molecule has 0 aliphatic heterocycles. The van der Waals surface area contributed by atoms with Gasteiger partial charge in [-0.05, 0) is 48.4 Å². The number of aromatic nitrogens is 3. The van der Waals surface area contributed by atoms with Crippen molar-refractivity contribution in [1.29, 1.82) is 0 Å². The highest BCUT2D eigenvalue weighted by atomic mass is 35.5. The van der Waals surface area contributed by atoms with Crippen LogP contribution in [0.15, 0.2) is 35.5 Å². The van der Waals surface area contributed by atoms with E-state index in [0.717, 1.165) is 24.0 Å². The van der Waals surface area contributed by atoms with Crippen LogP contribution in [0.3, 0.4) is 0 Å². The monoisotopic (exact) mass is 460 g/mol. The fourth-order valence-corrected chi connectivity index (χ4v) is 4.45. The minimum atomic E-state index is -4.45. The quantitative estimate of drug-likeness (QED) is 0.383. The molecule has 0 saturated heterocycles. The normalized spacial score (nSPS) is 15.8. The molecule has 0 N–H and O–H groups in total. The van der Waals surface area contributed by atoms with E-state index in [1.807, 2.05) is 12.1 Å². The average molecular weight is 461 g/mol. The smallest absolute Gasteiger partial charge is 0.447 e. The molecule has 154 valence electrons. The van der Waals surface area contributed by atoms with Gasteiger partial charge in [-0.1, -0.05) is 34.8 Å². The summed E-state index contributed by atoms with van der Waals surface area (Å²) in [5.74, 6) is 0.341. The Morgan fingerprint density at radius 1 is 1.34 bits per heavy atom. The van der Waals surface area contributed by atoms with E-state index in [1.54, 1.807) is 6.07 Å². The number of fused-ring (bicyclic) bond motifs is 1. The molecule has 29 heavy (non-hydrogen) atoms. The molecule has 0 spiro atoms. The second-order valence-corrected chi connectivity index (χ2v) is 9.13. The van der Waals surface area contributed by atoms with Crippen LogP contribution in [0.25, 0.3) is 16.6 Å². The Hall–Kier alpha value is -1.62. The molecule has 3 aromatic rings. The lowest BCUT2D eigenvalue weighted by molar-refractivity contribution is -0.0329. The second-order valence-electron chi connectivity index (χ2n) is 6.67. The molecule has 1 atom stereocenters. The molecule has 0 radical (unpaired) electrons. The number of hydrogen-bond donors (Lipinski definition) is 0. The average Bonchev–Trinajstić information content (AvgIpc) is 3.43. The molecule has 1 unspecified atom stereocenters. The molecule has 1 aliphatic rings. The van der Waals surface area contributed by atoms with E-state index in [9.17, 15) is 21.9 Å². The fraction of sp³-hybridized carbons (Fsp3) is 0.333. The van der Waals surface area contributed by atoms with Crippen LogP contribution in [0.1, 0.15) is 29.9 Å². The summed E-state index contributed by atoms with van der Waals surface area (Å²) in [5, 5.41) is 4.81. The van der Waals surface area contributed by atoms with Gasteiger partial charge in [0.05, 0.1) is 16.6 Å². The largest absolute Gasteiger partial charge is 0.772 e. The lowest BCUT2D eigenvalue weighted by Crippen LogP contribution is -2.08. The van der Waals surface area contributed by atoms with Gasteiger partial charge in [-0.2, -0.15) is 18.3 Å². The van der Waals surface area contributed by atoms with E-state index in [4.69, 9.17) is 11.6 Å². The van der Waals surface area contributed by atoms with Crippen molar-refractivity contribution in [3.8, 4) is 5.69 Å². The van der Waals surface area contributed by atoms with Gasteiger partial charge in [0.15, 0.2) is 0 Å². The van der Waals surface area contributed by atoms with Crippen molar-refractivity contribution >= 4 is 45.3 Å². The first-order valence-corrected chi connectivity index (χ1v) is 11.1. The van der Waals surface area contributed by atoms with Crippen LogP contribution >= 0.6 is 23.4 Å². The molecule has 1 aromatic carbocycles. The van der Waals surface area contributed by atoms with Crippen molar-refractivity contribution in [2.45, 2.75) is 35.7 Å². The lowest BCUT2D eigenvalue weighted by atomic mass is 9.99. The number of nitrogens with zero attached hydrogens (tertiary/aromatic N) is 3. The first kappa shape index (κ1) is 20.6. The summed E-state index contributed by atoms with van der Waals surface area (Å²) < 4.78 is 61.6. The minimum Gasteiger partial charge on any atom is -0.772 e. The van der Waals surface area contributed by atoms with Crippen molar-refractivity contribution in [2.24, 2.45) is 0 Å². The van der Waals surface area contributed by atoms with E-state index in [1.165, 1.54) is 16.9 Å². The Morgan fingerprint density at radius 3 is 2.76 bits per heavy atom. The van der Waals surface area contributed by atoms with E-state index >= 15 is 0 Å². The first-order chi connectivity index (χ1) is 13.7. The fourth-order valence-electron chi connectivity index (χ4n) is 3.29. The zero-order valence-electron chi connectivity index (χ0n) is 14.8.